The van der Waals surface area contributed by atoms with E-state index in [-0.39, 0.29) is 6.04 Å². The summed E-state index contributed by atoms with van der Waals surface area (Å²) in [5, 5.41) is 4.44. The summed E-state index contributed by atoms with van der Waals surface area (Å²) >= 11 is 0. The highest BCUT2D eigenvalue weighted by Gasteiger charge is 2.39. The number of hydrogen-bond donors (Lipinski definition) is 0. The number of aromatic nitrogens is 3. The van der Waals surface area contributed by atoms with E-state index in [1.807, 2.05) is 32.0 Å². The molecule has 6 nitrogen and oxygen atoms in total. The van der Waals surface area contributed by atoms with Crippen LogP contribution in [0.15, 0.2) is 29.3 Å². The van der Waals surface area contributed by atoms with Crippen LogP contribution in [0.1, 0.15) is 36.8 Å². The predicted octanol–water partition coefficient (Wildman–Crippen LogP) is 2.12. The van der Waals surface area contributed by atoms with E-state index in [1.54, 1.807) is 22.1 Å². The van der Waals surface area contributed by atoms with Crippen molar-refractivity contribution in [2.75, 3.05) is 6.54 Å². The minimum atomic E-state index is -3.49. The normalized spacial score (nSPS) is 15.3. The average Bonchev–Trinajstić information content (AvgIpc) is 3.28. The van der Waals surface area contributed by atoms with Gasteiger partial charge in [0.2, 0.25) is 10.0 Å². The van der Waals surface area contributed by atoms with Crippen molar-refractivity contribution < 1.29 is 8.42 Å². The largest absolute Gasteiger partial charge is 0.262 e. The van der Waals surface area contributed by atoms with E-state index < -0.39 is 10.0 Å². The topological polar surface area (TPSA) is 68.1 Å². The van der Waals surface area contributed by atoms with Crippen molar-refractivity contribution in [1.82, 2.24) is 19.1 Å². The fourth-order valence-corrected chi connectivity index (χ4v) is 5.03. The molecule has 0 atom stereocenters. The van der Waals surface area contributed by atoms with Crippen LogP contribution in [0.25, 0.3) is 0 Å². The van der Waals surface area contributed by atoms with Crippen LogP contribution < -0.4 is 0 Å². The van der Waals surface area contributed by atoms with E-state index in [0.29, 0.717) is 29.4 Å². The molecule has 0 saturated heterocycles. The molecule has 124 valence electrons. The molecule has 1 fully saturated rings. The van der Waals surface area contributed by atoms with Gasteiger partial charge < -0.3 is 0 Å². The summed E-state index contributed by atoms with van der Waals surface area (Å²) in [5.41, 5.74) is 2.08. The van der Waals surface area contributed by atoms with Gasteiger partial charge in [-0.3, -0.25) is 9.67 Å². The maximum atomic E-state index is 13.0. The SMILES string of the molecule is CCN(C1CC1)S(=O)(=O)c1c(C)nn(Cc2ccccn2)c1C. The number of rotatable bonds is 6. The number of sulfonamides is 1. The molecule has 1 aliphatic rings. The van der Waals surface area contributed by atoms with Gasteiger partial charge >= 0.3 is 0 Å². The van der Waals surface area contributed by atoms with Gasteiger partial charge in [-0.05, 0) is 38.8 Å². The fraction of sp³-hybridized carbons (Fsp3) is 0.500. The van der Waals surface area contributed by atoms with Crippen molar-refractivity contribution >= 4 is 10.0 Å². The van der Waals surface area contributed by atoms with Crippen molar-refractivity contribution in [1.29, 1.82) is 0 Å². The lowest BCUT2D eigenvalue weighted by Crippen LogP contribution is -2.33. The van der Waals surface area contributed by atoms with Crippen LogP contribution in [-0.2, 0) is 16.6 Å². The Balaban J connectivity index is 1.97. The standard InChI is InChI=1S/C16H22N4O2S/c1-4-20(15-8-9-15)23(21,22)16-12(2)18-19(13(16)3)11-14-7-5-6-10-17-14/h5-7,10,15H,4,8-9,11H2,1-3H3. The first-order chi connectivity index (χ1) is 10.9. The number of hydrogen-bond acceptors (Lipinski definition) is 4. The molecule has 0 spiro atoms. The Morgan fingerprint density at radius 2 is 2.04 bits per heavy atom. The fourth-order valence-electron chi connectivity index (χ4n) is 2.96. The van der Waals surface area contributed by atoms with Gasteiger partial charge in [-0.25, -0.2) is 8.42 Å². The summed E-state index contributed by atoms with van der Waals surface area (Å²) in [6, 6.07) is 5.84. The number of nitrogens with zero attached hydrogens (tertiary/aromatic N) is 4. The summed E-state index contributed by atoms with van der Waals surface area (Å²) in [6.07, 6.45) is 3.63. The van der Waals surface area contributed by atoms with E-state index in [9.17, 15) is 8.42 Å². The Kier molecular flexibility index (Phi) is 4.25. The molecule has 2 aromatic rings. The highest BCUT2D eigenvalue weighted by molar-refractivity contribution is 7.89. The van der Waals surface area contributed by atoms with E-state index in [1.165, 1.54) is 0 Å². The molecular formula is C16H22N4O2S. The first kappa shape index (κ1) is 16.1. The highest BCUT2D eigenvalue weighted by atomic mass is 32.2. The first-order valence-corrected chi connectivity index (χ1v) is 9.35. The lowest BCUT2D eigenvalue weighted by atomic mass is 10.3. The minimum Gasteiger partial charge on any atom is -0.262 e. The van der Waals surface area contributed by atoms with Gasteiger partial charge in [0, 0.05) is 18.8 Å². The zero-order valence-electron chi connectivity index (χ0n) is 13.7. The first-order valence-electron chi connectivity index (χ1n) is 7.91. The molecule has 2 heterocycles. The van der Waals surface area contributed by atoms with Crippen LogP contribution in [0.3, 0.4) is 0 Å². The lowest BCUT2D eigenvalue weighted by Gasteiger charge is -2.20. The molecule has 0 radical (unpaired) electrons. The molecule has 7 heteroatoms. The molecule has 0 N–H and O–H groups in total. The van der Waals surface area contributed by atoms with Crippen molar-refractivity contribution in [2.24, 2.45) is 0 Å². The second-order valence-electron chi connectivity index (χ2n) is 5.92. The molecule has 1 saturated carbocycles. The van der Waals surface area contributed by atoms with Gasteiger partial charge in [0.1, 0.15) is 4.90 Å². The summed E-state index contributed by atoms with van der Waals surface area (Å²) < 4.78 is 29.4. The van der Waals surface area contributed by atoms with Crippen LogP contribution in [0.2, 0.25) is 0 Å². The Morgan fingerprint density at radius 3 is 2.61 bits per heavy atom. The minimum absolute atomic E-state index is 0.156. The quantitative estimate of drug-likeness (QED) is 0.811. The second kappa shape index (κ2) is 6.05. The van der Waals surface area contributed by atoms with Gasteiger partial charge in [0.05, 0.1) is 23.6 Å². The van der Waals surface area contributed by atoms with Crippen LogP contribution in [0.5, 0.6) is 0 Å². The Labute approximate surface area is 137 Å². The van der Waals surface area contributed by atoms with Crippen molar-refractivity contribution in [3.63, 3.8) is 0 Å². The number of pyridine rings is 1. The maximum absolute atomic E-state index is 13.0. The molecule has 1 aliphatic carbocycles. The number of aryl methyl sites for hydroxylation is 1. The van der Waals surface area contributed by atoms with Gasteiger partial charge in [-0.1, -0.05) is 13.0 Å². The van der Waals surface area contributed by atoms with E-state index in [0.717, 1.165) is 18.5 Å². The van der Waals surface area contributed by atoms with E-state index in [2.05, 4.69) is 10.1 Å². The summed E-state index contributed by atoms with van der Waals surface area (Å²) in [7, 11) is -3.49. The Bertz CT molecular complexity index is 795. The van der Waals surface area contributed by atoms with Crippen LogP contribution in [-0.4, -0.2) is 40.1 Å². The smallest absolute Gasteiger partial charge is 0.246 e. The molecule has 3 rings (SSSR count). The zero-order valence-corrected chi connectivity index (χ0v) is 14.5. The van der Waals surface area contributed by atoms with Gasteiger partial charge in [0.15, 0.2) is 0 Å². The van der Waals surface area contributed by atoms with Crippen LogP contribution in [0.4, 0.5) is 0 Å². The second-order valence-corrected chi connectivity index (χ2v) is 7.75. The van der Waals surface area contributed by atoms with Gasteiger partial charge in [0.25, 0.3) is 0 Å². The zero-order chi connectivity index (χ0) is 16.6. The highest BCUT2D eigenvalue weighted by Crippen LogP contribution is 2.33. The third kappa shape index (κ3) is 3.03. The van der Waals surface area contributed by atoms with E-state index >= 15 is 0 Å². The summed E-state index contributed by atoms with van der Waals surface area (Å²) in [5.74, 6) is 0. The average molecular weight is 334 g/mol. The molecule has 0 bridgehead atoms. The van der Waals surface area contributed by atoms with Crippen LogP contribution in [0, 0.1) is 13.8 Å². The Morgan fingerprint density at radius 1 is 1.30 bits per heavy atom. The van der Waals surface area contributed by atoms with Gasteiger partial charge in [-0.2, -0.15) is 9.40 Å². The third-order valence-corrected chi connectivity index (χ3v) is 6.47. The van der Waals surface area contributed by atoms with Crippen LogP contribution >= 0.6 is 0 Å². The van der Waals surface area contributed by atoms with Gasteiger partial charge in [-0.15, -0.1) is 0 Å². The third-order valence-electron chi connectivity index (χ3n) is 4.19. The van der Waals surface area contributed by atoms with Crippen molar-refractivity contribution in [3.05, 3.63) is 41.5 Å². The summed E-state index contributed by atoms with van der Waals surface area (Å²) in [6.45, 7) is 6.43. The molecular weight excluding hydrogens is 312 g/mol. The molecule has 0 aromatic carbocycles. The van der Waals surface area contributed by atoms with E-state index in [4.69, 9.17) is 0 Å². The monoisotopic (exact) mass is 334 g/mol. The molecule has 2 aromatic heterocycles. The maximum Gasteiger partial charge on any atom is 0.246 e. The predicted molar refractivity (Wildman–Crippen MR) is 87.6 cm³/mol. The molecule has 0 amide bonds. The van der Waals surface area contributed by atoms with Crippen molar-refractivity contribution in [2.45, 2.75) is 51.1 Å². The van der Waals surface area contributed by atoms with Crippen molar-refractivity contribution in [3.8, 4) is 0 Å². The molecule has 0 unspecified atom stereocenters. The molecule has 23 heavy (non-hydrogen) atoms. The Hall–Kier alpha value is -1.73. The lowest BCUT2D eigenvalue weighted by molar-refractivity contribution is 0.420. The summed E-state index contributed by atoms with van der Waals surface area (Å²) in [4.78, 5) is 4.63. The molecule has 0 aliphatic heterocycles.